The first-order chi connectivity index (χ1) is 24.5. The van der Waals surface area contributed by atoms with Crippen LogP contribution >= 0.6 is 11.6 Å². The molecular weight excluding hydrogens is 706 g/mol. The summed E-state index contributed by atoms with van der Waals surface area (Å²) in [4.78, 5) is 35.6. The van der Waals surface area contributed by atoms with Gasteiger partial charge >= 0.3 is 12.6 Å². The van der Waals surface area contributed by atoms with E-state index in [0.717, 1.165) is 35.2 Å². The van der Waals surface area contributed by atoms with Gasteiger partial charge < -0.3 is 15.8 Å². The molecule has 4 aromatic rings. The molecule has 2 atom stereocenters. The minimum absolute atomic E-state index is 0.0157. The highest BCUT2D eigenvalue weighted by molar-refractivity contribution is 6.32. The number of ether oxygens (including phenoxy) is 1. The number of alkyl halides is 4. The molecule has 278 valence electrons. The van der Waals surface area contributed by atoms with Gasteiger partial charge in [0.15, 0.2) is 11.8 Å². The molecule has 3 N–H and O–H groups in total. The van der Waals surface area contributed by atoms with Crippen LogP contribution in [-0.2, 0) is 4.74 Å². The fraction of sp³-hybridized carbons (Fsp3) is 0.429. The van der Waals surface area contributed by atoms with Crippen LogP contribution in [0.5, 0.6) is 0 Å². The van der Waals surface area contributed by atoms with Gasteiger partial charge in [0.05, 0.1) is 22.9 Å². The lowest BCUT2D eigenvalue weighted by Gasteiger charge is -2.31. The summed E-state index contributed by atoms with van der Waals surface area (Å²) in [5, 5.41) is 10.4. The first-order valence-electron chi connectivity index (χ1n) is 16.4. The number of hydrogen-bond donors (Lipinski definition) is 2. The number of benzene rings is 2. The maximum Gasteiger partial charge on any atom is 0.407 e. The van der Waals surface area contributed by atoms with E-state index in [-0.39, 0.29) is 33.7 Å². The summed E-state index contributed by atoms with van der Waals surface area (Å²) >= 11 is 6.40. The van der Waals surface area contributed by atoms with Gasteiger partial charge in [-0.1, -0.05) is 57.5 Å². The Kier molecular flexibility index (Phi) is 11.3. The number of alkyl carbamates (subject to hydrolysis) is 1. The van der Waals surface area contributed by atoms with Gasteiger partial charge in [0.1, 0.15) is 12.9 Å². The van der Waals surface area contributed by atoms with Gasteiger partial charge in [-0.15, -0.1) is 0 Å². The predicted molar refractivity (Wildman–Crippen MR) is 186 cm³/mol. The molecule has 2 heterocycles. The lowest BCUT2D eigenvalue weighted by atomic mass is 10.0. The number of halogens is 5. The molecule has 2 unspecified atom stereocenters. The fourth-order valence-electron chi connectivity index (χ4n) is 5.46. The molecule has 0 radical (unpaired) electrons. The Balaban J connectivity index is 0.000000979. The summed E-state index contributed by atoms with van der Waals surface area (Å²) in [5.41, 5.74) is 8.33. The van der Waals surface area contributed by atoms with Gasteiger partial charge in [-0.3, -0.25) is 14.7 Å². The van der Waals surface area contributed by atoms with E-state index >= 15 is 0 Å². The first-order valence-corrected chi connectivity index (χ1v) is 16.8. The standard InChI is InChI=1S/C30H28ClF4N9O3.C5H12/c1-37-28(36)43(26(45)17-4-2-16(3-5-17)19-12-39-42(13-19)27(34)35)22(14-47-29(46)41-23-11-30(23)8-9-30)18-6-7-20(31)21(10-18)44-25(24(32)33)38-15-40-44;1-5(2,3)4/h2-7,10,12-13,15,22-24,27H,8-9,11,14H2,1H3,(H2,36,37)(H,41,46);1-4H3. The third-order valence-electron chi connectivity index (χ3n) is 8.37. The van der Waals surface area contributed by atoms with E-state index in [2.05, 4.69) is 53.2 Å². The molecule has 52 heavy (non-hydrogen) atoms. The van der Waals surface area contributed by atoms with E-state index in [1.54, 1.807) is 12.1 Å². The number of carbonyl (C=O) groups excluding carboxylic acids is 2. The lowest BCUT2D eigenvalue weighted by Crippen LogP contribution is -2.46. The van der Waals surface area contributed by atoms with Crippen molar-refractivity contribution in [3.05, 3.63) is 83.2 Å². The molecule has 0 bridgehead atoms. The van der Waals surface area contributed by atoms with Crippen molar-refractivity contribution in [3.8, 4) is 16.8 Å². The molecule has 2 fully saturated rings. The first kappa shape index (κ1) is 38.2. The van der Waals surface area contributed by atoms with Gasteiger partial charge in [-0.05, 0) is 65.5 Å². The van der Waals surface area contributed by atoms with Crippen molar-refractivity contribution >= 4 is 29.6 Å². The molecule has 6 rings (SSSR count). The molecule has 17 heteroatoms. The van der Waals surface area contributed by atoms with E-state index in [4.69, 9.17) is 22.1 Å². The summed E-state index contributed by atoms with van der Waals surface area (Å²) in [7, 11) is 1.36. The second-order valence-corrected chi connectivity index (χ2v) is 14.6. The Labute approximate surface area is 303 Å². The Morgan fingerprint density at radius 2 is 1.77 bits per heavy atom. The molecule has 0 saturated heterocycles. The summed E-state index contributed by atoms with van der Waals surface area (Å²) in [6.45, 7) is 5.54. The highest BCUT2D eigenvalue weighted by Crippen LogP contribution is 2.65. The SMILES string of the molecule is CC(C)(C)C.CN=C(N)N(C(=O)c1ccc(-c2cnn(C(F)F)c2)cc1)C(COC(=O)NC1CC12CC2)c1ccc(Cl)c(-n2ncnc2C(F)F)c1. The molecule has 0 aliphatic heterocycles. The highest BCUT2D eigenvalue weighted by atomic mass is 35.5. The van der Waals surface area contributed by atoms with Crippen LogP contribution in [0.4, 0.5) is 22.4 Å². The van der Waals surface area contributed by atoms with Crippen LogP contribution < -0.4 is 11.1 Å². The number of guanidine groups is 1. The Morgan fingerprint density at radius 1 is 1.10 bits per heavy atom. The van der Waals surface area contributed by atoms with Crippen molar-refractivity contribution in [1.29, 1.82) is 0 Å². The molecule has 2 aromatic heterocycles. The number of nitrogens with two attached hydrogens (primary N) is 1. The summed E-state index contributed by atoms with van der Waals surface area (Å²) in [6, 6.07) is 9.31. The zero-order valence-corrected chi connectivity index (χ0v) is 30.0. The Hall–Kier alpha value is -4.99. The number of aliphatic imine (C=N–C) groups is 1. The number of hydrogen-bond acceptors (Lipinski definition) is 7. The van der Waals surface area contributed by atoms with Crippen LogP contribution in [0.3, 0.4) is 0 Å². The van der Waals surface area contributed by atoms with Crippen LogP contribution in [0.15, 0.2) is 66.2 Å². The van der Waals surface area contributed by atoms with E-state index < -0.39 is 43.4 Å². The normalized spacial score (nSPS) is 16.7. The van der Waals surface area contributed by atoms with Gasteiger partial charge in [0, 0.05) is 30.4 Å². The lowest BCUT2D eigenvalue weighted by molar-refractivity contribution is 0.0566. The van der Waals surface area contributed by atoms with E-state index in [9.17, 15) is 27.2 Å². The molecule has 2 saturated carbocycles. The number of amides is 2. The van der Waals surface area contributed by atoms with Crippen molar-refractivity contribution in [2.24, 2.45) is 21.6 Å². The van der Waals surface area contributed by atoms with Crippen LogP contribution in [0.25, 0.3) is 16.8 Å². The van der Waals surface area contributed by atoms with E-state index in [0.29, 0.717) is 26.8 Å². The van der Waals surface area contributed by atoms with Crippen molar-refractivity contribution in [2.75, 3.05) is 13.7 Å². The van der Waals surface area contributed by atoms with Crippen molar-refractivity contribution in [2.45, 2.75) is 72.0 Å². The monoisotopic (exact) mass is 745 g/mol. The largest absolute Gasteiger partial charge is 0.447 e. The third-order valence-corrected chi connectivity index (χ3v) is 8.69. The fourth-order valence-corrected chi connectivity index (χ4v) is 5.66. The smallest absolute Gasteiger partial charge is 0.407 e. The summed E-state index contributed by atoms with van der Waals surface area (Å²) in [5.74, 6) is -1.55. The van der Waals surface area contributed by atoms with Crippen LogP contribution in [0.2, 0.25) is 5.02 Å². The van der Waals surface area contributed by atoms with Gasteiger partial charge in [-0.25, -0.2) is 27.9 Å². The molecule has 2 aromatic carbocycles. The second kappa shape index (κ2) is 15.3. The number of nitrogens with one attached hydrogen (secondary N) is 1. The van der Waals surface area contributed by atoms with Crippen molar-refractivity contribution < 1.29 is 31.9 Å². The third kappa shape index (κ3) is 9.08. The minimum atomic E-state index is -2.97. The van der Waals surface area contributed by atoms with Crippen molar-refractivity contribution in [3.63, 3.8) is 0 Å². The number of nitrogens with zero attached hydrogens (tertiary/aromatic N) is 7. The van der Waals surface area contributed by atoms with Crippen LogP contribution in [0.1, 0.15) is 87.7 Å². The quantitative estimate of drug-likeness (QED) is 0.0967. The minimum Gasteiger partial charge on any atom is -0.447 e. The van der Waals surface area contributed by atoms with Gasteiger partial charge in [0.25, 0.3) is 12.3 Å². The van der Waals surface area contributed by atoms with Gasteiger partial charge in [-0.2, -0.15) is 19.0 Å². The average Bonchev–Trinajstić information content (AvgIpc) is 3.81. The molecule has 2 aliphatic carbocycles. The predicted octanol–water partition coefficient (Wildman–Crippen LogP) is 7.58. The highest BCUT2D eigenvalue weighted by Gasteiger charge is 2.63. The van der Waals surface area contributed by atoms with Crippen molar-refractivity contribution in [1.82, 2.24) is 34.8 Å². The number of carbonyl (C=O) groups is 2. The topological polar surface area (TPSA) is 146 Å². The molecule has 1 spiro atoms. The van der Waals surface area contributed by atoms with Gasteiger partial charge in [0.2, 0.25) is 0 Å². The molecule has 12 nitrogen and oxygen atoms in total. The maximum absolute atomic E-state index is 14.1. The number of rotatable bonds is 10. The molecule has 2 amide bonds. The Bertz CT molecular complexity index is 1910. The second-order valence-electron chi connectivity index (χ2n) is 14.2. The summed E-state index contributed by atoms with van der Waals surface area (Å²) < 4.78 is 60.4. The number of aromatic nitrogens is 5. The zero-order chi connectivity index (χ0) is 38.0. The summed E-state index contributed by atoms with van der Waals surface area (Å²) in [6.07, 6.45) is 2.69. The molecular formula is C35H40ClF4N9O3. The zero-order valence-electron chi connectivity index (χ0n) is 29.2. The van der Waals surface area contributed by atoms with E-state index in [1.165, 1.54) is 49.8 Å². The van der Waals surface area contributed by atoms with Crippen LogP contribution in [0, 0.1) is 10.8 Å². The molecule has 2 aliphatic rings. The Morgan fingerprint density at radius 3 is 2.33 bits per heavy atom. The van der Waals surface area contributed by atoms with E-state index in [1.807, 2.05) is 0 Å². The van der Waals surface area contributed by atoms with Crippen LogP contribution in [-0.4, -0.2) is 67.1 Å². The average molecular weight is 746 g/mol. The maximum atomic E-state index is 14.1.